The molecule has 124 valence electrons. The van der Waals surface area contributed by atoms with Gasteiger partial charge in [-0.05, 0) is 19.1 Å². The van der Waals surface area contributed by atoms with Crippen LogP contribution < -0.4 is 5.32 Å². The Morgan fingerprint density at radius 1 is 1.41 bits per heavy atom. The first kappa shape index (κ1) is 18.4. The van der Waals surface area contributed by atoms with Crippen LogP contribution in [0.25, 0.3) is 0 Å². The average molecular weight is 340 g/mol. The molecule has 0 aliphatic heterocycles. The Hall–Kier alpha value is -1.68. The molecule has 0 aromatic carbocycles. The molecule has 0 aliphatic carbocycles. The molecule has 1 amide bonds. The molecule has 0 unspecified atom stereocenters. The molecule has 1 aromatic rings. The van der Waals surface area contributed by atoms with E-state index in [0.717, 1.165) is 6.07 Å². The summed E-state index contributed by atoms with van der Waals surface area (Å²) < 4.78 is 65.7. The van der Waals surface area contributed by atoms with Gasteiger partial charge in [-0.2, -0.15) is 13.2 Å². The highest BCUT2D eigenvalue weighted by atomic mass is 32.2. The Morgan fingerprint density at radius 2 is 2.05 bits per heavy atom. The predicted molar refractivity (Wildman–Crippen MR) is 70.8 cm³/mol. The van der Waals surface area contributed by atoms with E-state index in [2.05, 4.69) is 10.3 Å². The van der Waals surface area contributed by atoms with Crippen LogP contribution in [0.3, 0.4) is 0 Å². The van der Waals surface area contributed by atoms with Gasteiger partial charge in [-0.1, -0.05) is 0 Å². The van der Waals surface area contributed by atoms with Crippen LogP contribution in [-0.4, -0.2) is 44.8 Å². The summed E-state index contributed by atoms with van der Waals surface area (Å²) >= 11 is 0. The lowest BCUT2D eigenvalue weighted by Gasteiger charge is -2.12. The van der Waals surface area contributed by atoms with E-state index in [1.54, 1.807) is 6.92 Å². The zero-order chi connectivity index (χ0) is 17.0. The Balaban J connectivity index is 2.80. The van der Waals surface area contributed by atoms with Gasteiger partial charge in [-0.3, -0.25) is 4.79 Å². The maximum Gasteiger partial charge on any atom is 0.417 e. The second-order valence-corrected chi connectivity index (χ2v) is 6.50. The fourth-order valence-corrected chi connectivity index (χ4v) is 2.65. The van der Waals surface area contributed by atoms with Crippen molar-refractivity contribution in [3.05, 3.63) is 23.9 Å². The van der Waals surface area contributed by atoms with E-state index in [4.69, 9.17) is 4.74 Å². The van der Waals surface area contributed by atoms with Crippen LogP contribution in [0.4, 0.5) is 13.2 Å². The number of hydrogen-bond donors (Lipinski definition) is 1. The molecule has 1 aromatic heterocycles. The van der Waals surface area contributed by atoms with E-state index >= 15 is 0 Å². The van der Waals surface area contributed by atoms with Crippen LogP contribution in [0, 0.1) is 0 Å². The molecule has 1 heterocycles. The van der Waals surface area contributed by atoms with Gasteiger partial charge in [0.05, 0.1) is 12.2 Å². The number of hydrogen-bond acceptors (Lipinski definition) is 5. The number of alkyl halides is 3. The minimum absolute atomic E-state index is 0.199. The second-order valence-electron chi connectivity index (χ2n) is 4.57. The second kappa shape index (κ2) is 7.05. The van der Waals surface area contributed by atoms with Gasteiger partial charge in [-0.25, -0.2) is 13.4 Å². The molecule has 1 N–H and O–H groups in total. The lowest BCUT2D eigenvalue weighted by Crippen LogP contribution is -2.39. The Kier molecular flexibility index (Phi) is 5.89. The van der Waals surface area contributed by atoms with E-state index < -0.39 is 44.3 Å². The zero-order valence-corrected chi connectivity index (χ0v) is 12.7. The first-order chi connectivity index (χ1) is 10.1. The van der Waals surface area contributed by atoms with Crippen molar-refractivity contribution < 1.29 is 31.1 Å². The van der Waals surface area contributed by atoms with Crippen LogP contribution in [0.5, 0.6) is 0 Å². The molecule has 0 spiro atoms. The molecule has 6 nitrogen and oxygen atoms in total. The minimum Gasteiger partial charge on any atom is -0.383 e. The third-order valence-electron chi connectivity index (χ3n) is 2.53. The van der Waals surface area contributed by atoms with Crippen molar-refractivity contribution in [3.63, 3.8) is 0 Å². The Bertz CT molecular complexity index is 614. The van der Waals surface area contributed by atoms with Crippen LogP contribution in [0.2, 0.25) is 0 Å². The highest BCUT2D eigenvalue weighted by Gasteiger charge is 2.31. The van der Waals surface area contributed by atoms with Crippen molar-refractivity contribution in [1.29, 1.82) is 0 Å². The number of amides is 1. The molecule has 10 heteroatoms. The maximum absolute atomic E-state index is 12.4. The van der Waals surface area contributed by atoms with Crippen molar-refractivity contribution >= 4 is 15.7 Å². The molecular formula is C12H15F3N2O4S. The molecule has 0 saturated heterocycles. The number of pyridine rings is 1. The first-order valence-electron chi connectivity index (χ1n) is 6.10. The van der Waals surface area contributed by atoms with Gasteiger partial charge < -0.3 is 10.1 Å². The smallest absolute Gasteiger partial charge is 0.383 e. The number of sulfone groups is 1. The van der Waals surface area contributed by atoms with E-state index in [9.17, 15) is 26.4 Å². The summed E-state index contributed by atoms with van der Waals surface area (Å²) in [6.07, 6.45) is -4.19. The number of nitrogens with one attached hydrogen (secondary N) is 1. The Morgan fingerprint density at radius 3 is 2.50 bits per heavy atom. The van der Waals surface area contributed by atoms with E-state index in [1.807, 2.05) is 0 Å². The third-order valence-corrected chi connectivity index (χ3v) is 4.05. The lowest BCUT2D eigenvalue weighted by atomic mass is 10.3. The summed E-state index contributed by atoms with van der Waals surface area (Å²) in [6.45, 7) is 1.81. The number of carbonyl (C=O) groups excluding carboxylic acids is 1. The number of carbonyl (C=O) groups is 1. The largest absolute Gasteiger partial charge is 0.417 e. The maximum atomic E-state index is 12.4. The van der Waals surface area contributed by atoms with Gasteiger partial charge in [0.25, 0.3) is 0 Å². The Labute approximate surface area is 125 Å². The van der Waals surface area contributed by atoms with Crippen LogP contribution in [0.1, 0.15) is 12.5 Å². The fourth-order valence-electron chi connectivity index (χ4n) is 1.59. The summed E-state index contributed by atoms with van der Waals surface area (Å²) in [5, 5.41) is 1.80. The van der Waals surface area contributed by atoms with E-state index in [1.165, 1.54) is 7.11 Å². The van der Waals surface area contributed by atoms with E-state index in [0.29, 0.717) is 12.3 Å². The van der Waals surface area contributed by atoms with Crippen molar-refractivity contribution in [3.8, 4) is 0 Å². The summed E-state index contributed by atoms with van der Waals surface area (Å²) in [6, 6.07) is 0.934. The summed E-state index contributed by atoms with van der Waals surface area (Å²) in [4.78, 5) is 14.9. The third kappa shape index (κ3) is 5.26. The molecule has 0 aliphatic rings. The monoisotopic (exact) mass is 340 g/mol. The SMILES string of the molecule is COC[C@H](C)NC(=O)CS(=O)(=O)c1ccc(C(F)(F)F)cn1. The van der Waals surface area contributed by atoms with Crippen LogP contribution in [0.15, 0.2) is 23.4 Å². The topological polar surface area (TPSA) is 85.4 Å². The first-order valence-corrected chi connectivity index (χ1v) is 7.76. The molecule has 1 rings (SSSR count). The summed E-state index contributed by atoms with van der Waals surface area (Å²) in [7, 11) is -2.69. The highest BCUT2D eigenvalue weighted by molar-refractivity contribution is 7.92. The van der Waals surface area contributed by atoms with Gasteiger partial charge in [0.1, 0.15) is 5.75 Å². The molecule has 0 bridgehead atoms. The number of aromatic nitrogens is 1. The van der Waals surface area contributed by atoms with Gasteiger partial charge >= 0.3 is 6.18 Å². The molecule has 0 saturated carbocycles. The van der Waals surface area contributed by atoms with Crippen molar-refractivity contribution in [1.82, 2.24) is 10.3 Å². The number of rotatable bonds is 6. The van der Waals surface area contributed by atoms with Gasteiger partial charge in [-0.15, -0.1) is 0 Å². The van der Waals surface area contributed by atoms with Crippen LogP contribution in [-0.2, 0) is 25.5 Å². The van der Waals surface area contributed by atoms with Crippen LogP contribution >= 0.6 is 0 Å². The molecular weight excluding hydrogens is 325 g/mol. The molecule has 1 atom stereocenters. The van der Waals surface area contributed by atoms with Gasteiger partial charge in [0.15, 0.2) is 5.03 Å². The summed E-state index contributed by atoms with van der Waals surface area (Å²) in [5.41, 5.74) is -1.07. The number of nitrogens with zero attached hydrogens (tertiary/aromatic N) is 1. The van der Waals surface area contributed by atoms with Crippen molar-refractivity contribution in [2.45, 2.75) is 24.2 Å². The average Bonchev–Trinajstić information content (AvgIpc) is 2.37. The van der Waals surface area contributed by atoms with Crippen molar-refractivity contribution in [2.75, 3.05) is 19.5 Å². The highest BCUT2D eigenvalue weighted by Crippen LogP contribution is 2.28. The number of methoxy groups -OCH3 is 1. The normalized spacial score (nSPS) is 13.7. The minimum atomic E-state index is -4.61. The fraction of sp³-hybridized carbons (Fsp3) is 0.500. The molecule has 0 radical (unpaired) electrons. The quantitative estimate of drug-likeness (QED) is 0.836. The standard InChI is InChI=1S/C12H15F3N2O4S/c1-8(6-21-2)17-10(18)7-22(19,20)11-4-3-9(5-16-11)12(13,14)15/h3-5,8H,6-7H2,1-2H3,(H,17,18)/t8-/m0/s1. The number of ether oxygens (including phenoxy) is 1. The molecule has 22 heavy (non-hydrogen) atoms. The molecule has 0 fully saturated rings. The van der Waals surface area contributed by atoms with Gasteiger partial charge in [0.2, 0.25) is 15.7 Å². The zero-order valence-electron chi connectivity index (χ0n) is 11.8. The lowest BCUT2D eigenvalue weighted by molar-refractivity contribution is -0.137. The predicted octanol–water partition coefficient (Wildman–Crippen LogP) is 1.03. The summed E-state index contributed by atoms with van der Waals surface area (Å²) in [5.74, 6) is -1.69. The van der Waals surface area contributed by atoms with Crippen molar-refractivity contribution in [2.24, 2.45) is 0 Å². The van der Waals surface area contributed by atoms with E-state index in [-0.39, 0.29) is 6.61 Å². The number of halogens is 3. The van der Waals surface area contributed by atoms with Gasteiger partial charge in [0, 0.05) is 19.3 Å².